The fourth-order valence-corrected chi connectivity index (χ4v) is 2.62. The molecular weight excluding hydrogens is 297 g/mol. The molecule has 0 atom stereocenters. The Balaban J connectivity index is 2.21. The SMILES string of the molecule is CC(=O)Nc1ccc(OS(=O)(=O)c2ccccc2F)cc1. The van der Waals surface area contributed by atoms with E-state index in [9.17, 15) is 17.6 Å². The fourth-order valence-electron chi connectivity index (χ4n) is 1.62. The van der Waals surface area contributed by atoms with Crippen molar-refractivity contribution in [1.29, 1.82) is 0 Å². The first-order chi connectivity index (χ1) is 9.88. The summed E-state index contributed by atoms with van der Waals surface area (Å²) >= 11 is 0. The van der Waals surface area contributed by atoms with Crippen molar-refractivity contribution in [2.45, 2.75) is 11.8 Å². The molecule has 0 aromatic heterocycles. The van der Waals surface area contributed by atoms with Crippen LogP contribution in [0.15, 0.2) is 53.4 Å². The highest BCUT2D eigenvalue weighted by Gasteiger charge is 2.20. The highest BCUT2D eigenvalue weighted by molar-refractivity contribution is 7.87. The maximum atomic E-state index is 13.5. The summed E-state index contributed by atoms with van der Waals surface area (Å²) in [7, 11) is -4.24. The third-order valence-electron chi connectivity index (χ3n) is 2.49. The van der Waals surface area contributed by atoms with Crippen molar-refractivity contribution in [3.05, 3.63) is 54.3 Å². The van der Waals surface area contributed by atoms with Gasteiger partial charge in [-0.15, -0.1) is 0 Å². The van der Waals surface area contributed by atoms with Gasteiger partial charge >= 0.3 is 10.1 Å². The second kappa shape index (κ2) is 5.92. The van der Waals surface area contributed by atoms with E-state index in [1.807, 2.05) is 0 Å². The fraction of sp³-hybridized carbons (Fsp3) is 0.0714. The van der Waals surface area contributed by atoms with E-state index in [1.165, 1.54) is 43.3 Å². The minimum Gasteiger partial charge on any atom is -0.379 e. The second-order valence-electron chi connectivity index (χ2n) is 4.17. The molecule has 1 amide bonds. The summed E-state index contributed by atoms with van der Waals surface area (Å²) in [5.41, 5.74) is 0.498. The Bertz CT molecular complexity index is 757. The van der Waals surface area contributed by atoms with Crippen molar-refractivity contribution in [2.24, 2.45) is 0 Å². The average molecular weight is 309 g/mol. The third kappa shape index (κ3) is 3.79. The van der Waals surface area contributed by atoms with Gasteiger partial charge in [-0.25, -0.2) is 4.39 Å². The number of carbonyl (C=O) groups excluding carboxylic acids is 1. The molecule has 0 aliphatic heterocycles. The van der Waals surface area contributed by atoms with Crippen LogP contribution < -0.4 is 9.50 Å². The maximum absolute atomic E-state index is 13.5. The van der Waals surface area contributed by atoms with Gasteiger partial charge in [0, 0.05) is 12.6 Å². The normalized spacial score (nSPS) is 11.0. The number of carbonyl (C=O) groups is 1. The Labute approximate surface area is 121 Å². The number of rotatable bonds is 4. The van der Waals surface area contributed by atoms with Crippen LogP contribution in [0.25, 0.3) is 0 Å². The van der Waals surface area contributed by atoms with Crippen molar-refractivity contribution in [1.82, 2.24) is 0 Å². The molecule has 0 spiro atoms. The smallest absolute Gasteiger partial charge is 0.342 e. The number of hydrogen-bond acceptors (Lipinski definition) is 4. The Morgan fingerprint density at radius 1 is 1.10 bits per heavy atom. The summed E-state index contributed by atoms with van der Waals surface area (Å²) in [5.74, 6) is -1.11. The van der Waals surface area contributed by atoms with Crippen LogP contribution in [0.2, 0.25) is 0 Å². The zero-order chi connectivity index (χ0) is 15.5. The van der Waals surface area contributed by atoms with E-state index in [1.54, 1.807) is 0 Å². The molecule has 1 N–H and O–H groups in total. The van der Waals surface area contributed by atoms with Crippen molar-refractivity contribution < 1.29 is 21.8 Å². The van der Waals surface area contributed by atoms with Gasteiger partial charge in [-0.05, 0) is 36.4 Å². The average Bonchev–Trinajstić information content (AvgIpc) is 2.40. The van der Waals surface area contributed by atoms with Gasteiger partial charge in [0.1, 0.15) is 16.5 Å². The van der Waals surface area contributed by atoms with Crippen molar-refractivity contribution in [3.63, 3.8) is 0 Å². The summed E-state index contributed by atoms with van der Waals surface area (Å²) in [6, 6.07) is 10.6. The van der Waals surface area contributed by atoms with E-state index < -0.39 is 20.8 Å². The van der Waals surface area contributed by atoms with Crippen LogP contribution in [-0.4, -0.2) is 14.3 Å². The van der Waals surface area contributed by atoms with Gasteiger partial charge < -0.3 is 9.50 Å². The summed E-state index contributed by atoms with van der Waals surface area (Å²) < 4.78 is 42.2. The van der Waals surface area contributed by atoms with E-state index >= 15 is 0 Å². The van der Waals surface area contributed by atoms with Gasteiger partial charge in [-0.1, -0.05) is 12.1 Å². The van der Waals surface area contributed by atoms with Gasteiger partial charge in [0.05, 0.1) is 0 Å². The Kier molecular flexibility index (Phi) is 4.23. The van der Waals surface area contributed by atoms with E-state index in [4.69, 9.17) is 4.18 Å². The van der Waals surface area contributed by atoms with E-state index in [2.05, 4.69) is 5.32 Å². The van der Waals surface area contributed by atoms with Crippen LogP contribution in [0.4, 0.5) is 10.1 Å². The van der Waals surface area contributed by atoms with Crippen LogP contribution in [0.5, 0.6) is 5.75 Å². The molecule has 0 fully saturated rings. The molecule has 0 bridgehead atoms. The Morgan fingerprint density at radius 3 is 2.29 bits per heavy atom. The van der Waals surface area contributed by atoms with Gasteiger partial charge in [0.2, 0.25) is 5.91 Å². The molecule has 7 heteroatoms. The van der Waals surface area contributed by atoms with Crippen LogP contribution in [0, 0.1) is 5.82 Å². The predicted octanol–water partition coefficient (Wildman–Crippen LogP) is 2.55. The summed E-state index contributed by atoms with van der Waals surface area (Å²) in [6.45, 7) is 1.35. The van der Waals surface area contributed by atoms with E-state index in [0.717, 1.165) is 12.1 Å². The molecule has 0 heterocycles. The zero-order valence-corrected chi connectivity index (χ0v) is 11.9. The van der Waals surface area contributed by atoms with Crippen LogP contribution in [0.1, 0.15) is 6.92 Å². The van der Waals surface area contributed by atoms with Gasteiger partial charge in [-0.2, -0.15) is 8.42 Å². The third-order valence-corrected chi connectivity index (χ3v) is 3.77. The summed E-state index contributed by atoms with van der Waals surface area (Å²) in [6.07, 6.45) is 0. The molecule has 2 rings (SSSR count). The van der Waals surface area contributed by atoms with Gasteiger partial charge in [-0.3, -0.25) is 4.79 Å². The molecule has 21 heavy (non-hydrogen) atoms. The second-order valence-corrected chi connectivity index (χ2v) is 5.69. The summed E-state index contributed by atoms with van der Waals surface area (Å²) in [5, 5.41) is 2.53. The van der Waals surface area contributed by atoms with Crippen LogP contribution >= 0.6 is 0 Å². The molecule has 2 aromatic rings. The number of halogens is 1. The number of amides is 1. The maximum Gasteiger partial charge on any atom is 0.342 e. The van der Waals surface area contributed by atoms with Crippen LogP contribution in [-0.2, 0) is 14.9 Å². The molecule has 0 saturated carbocycles. The van der Waals surface area contributed by atoms with Gasteiger partial charge in [0.25, 0.3) is 0 Å². The summed E-state index contributed by atoms with van der Waals surface area (Å²) in [4.78, 5) is 10.3. The van der Waals surface area contributed by atoms with Crippen molar-refractivity contribution in [3.8, 4) is 5.75 Å². The molecular formula is C14H12FNO4S. The van der Waals surface area contributed by atoms with Crippen molar-refractivity contribution in [2.75, 3.05) is 5.32 Å². The highest BCUT2D eigenvalue weighted by atomic mass is 32.2. The first-order valence-electron chi connectivity index (χ1n) is 5.95. The Morgan fingerprint density at radius 2 is 1.71 bits per heavy atom. The molecule has 110 valence electrons. The molecule has 0 aliphatic rings. The number of benzene rings is 2. The molecule has 0 aliphatic carbocycles. The van der Waals surface area contributed by atoms with E-state index in [-0.39, 0.29) is 11.7 Å². The van der Waals surface area contributed by atoms with Crippen molar-refractivity contribution >= 4 is 21.7 Å². The molecule has 0 unspecified atom stereocenters. The number of nitrogens with one attached hydrogen (secondary N) is 1. The van der Waals surface area contributed by atoms with Crippen LogP contribution in [0.3, 0.4) is 0 Å². The lowest BCUT2D eigenvalue weighted by Crippen LogP contribution is -2.11. The molecule has 2 aromatic carbocycles. The molecule has 0 saturated heterocycles. The van der Waals surface area contributed by atoms with E-state index in [0.29, 0.717) is 5.69 Å². The van der Waals surface area contributed by atoms with Gasteiger partial charge in [0.15, 0.2) is 0 Å². The first kappa shape index (κ1) is 15.0. The lowest BCUT2D eigenvalue weighted by Gasteiger charge is -2.08. The zero-order valence-electron chi connectivity index (χ0n) is 11.0. The predicted molar refractivity (Wildman–Crippen MR) is 75.0 cm³/mol. The largest absolute Gasteiger partial charge is 0.379 e. The first-order valence-corrected chi connectivity index (χ1v) is 7.36. The lowest BCUT2D eigenvalue weighted by molar-refractivity contribution is -0.114. The molecule has 0 radical (unpaired) electrons. The Hall–Kier alpha value is -2.41. The highest BCUT2D eigenvalue weighted by Crippen LogP contribution is 2.22. The quantitative estimate of drug-likeness (QED) is 0.881. The minimum absolute atomic E-state index is 0.0207. The topological polar surface area (TPSA) is 72.5 Å². The monoisotopic (exact) mass is 309 g/mol. The lowest BCUT2D eigenvalue weighted by atomic mass is 10.3. The standard InChI is InChI=1S/C14H12FNO4S/c1-10(17)16-11-6-8-12(9-7-11)20-21(18,19)14-5-3-2-4-13(14)15/h2-9H,1H3,(H,16,17). The molecule has 5 nitrogen and oxygen atoms in total. The minimum atomic E-state index is -4.24. The number of hydrogen-bond donors (Lipinski definition) is 1. The number of anilines is 1.